The van der Waals surface area contributed by atoms with Crippen molar-refractivity contribution in [2.75, 3.05) is 26.3 Å². The van der Waals surface area contributed by atoms with Crippen molar-refractivity contribution in [1.82, 2.24) is 5.32 Å². The lowest BCUT2D eigenvalue weighted by Gasteiger charge is -2.28. The maximum atomic E-state index is 12.0. The molecule has 3 heteroatoms. The van der Waals surface area contributed by atoms with Crippen LogP contribution in [0.5, 0.6) is 0 Å². The monoisotopic (exact) mass is 197 g/mol. The summed E-state index contributed by atoms with van der Waals surface area (Å²) in [6, 6.07) is 0. The van der Waals surface area contributed by atoms with Crippen LogP contribution >= 0.6 is 0 Å². The van der Waals surface area contributed by atoms with Gasteiger partial charge < -0.3 is 10.1 Å². The second-order valence-corrected chi connectivity index (χ2v) is 4.36. The number of piperidine rings is 1. The number of hydrogen-bond donors (Lipinski definition) is 1. The van der Waals surface area contributed by atoms with Crippen molar-refractivity contribution in [3.05, 3.63) is 0 Å². The van der Waals surface area contributed by atoms with Crippen molar-refractivity contribution in [1.29, 1.82) is 0 Å². The van der Waals surface area contributed by atoms with Gasteiger partial charge in [0, 0.05) is 25.0 Å². The first-order chi connectivity index (χ1) is 6.88. The Labute approximate surface area is 85.2 Å². The van der Waals surface area contributed by atoms with Crippen LogP contribution in [0.1, 0.15) is 25.7 Å². The third kappa shape index (κ3) is 2.34. The lowest BCUT2D eigenvalue weighted by Crippen LogP contribution is -2.39. The van der Waals surface area contributed by atoms with E-state index < -0.39 is 0 Å². The fraction of sp³-hybridized carbons (Fsp3) is 0.909. The number of nitrogens with one attached hydrogen (secondary N) is 1. The Kier molecular flexibility index (Phi) is 3.54. The number of ketones is 1. The molecule has 0 aromatic rings. The molecule has 0 saturated carbocycles. The highest BCUT2D eigenvalue weighted by Gasteiger charge is 2.29. The standard InChI is InChI=1S/C11H19NO2/c13-11(9-3-1-5-12-7-9)10-4-2-6-14-8-10/h9-10,12H,1-8H2/t9-,10-/m0/s1. The van der Waals surface area contributed by atoms with Crippen LogP contribution in [0.25, 0.3) is 0 Å². The molecule has 0 amide bonds. The summed E-state index contributed by atoms with van der Waals surface area (Å²) in [5.74, 6) is 0.890. The Morgan fingerprint density at radius 1 is 1.21 bits per heavy atom. The molecule has 2 aliphatic rings. The van der Waals surface area contributed by atoms with Gasteiger partial charge in [-0.15, -0.1) is 0 Å². The van der Waals surface area contributed by atoms with E-state index in [2.05, 4.69) is 5.32 Å². The van der Waals surface area contributed by atoms with Gasteiger partial charge in [0.15, 0.2) is 0 Å². The average molecular weight is 197 g/mol. The Morgan fingerprint density at radius 3 is 2.71 bits per heavy atom. The molecular weight excluding hydrogens is 178 g/mol. The zero-order valence-electron chi connectivity index (χ0n) is 8.63. The summed E-state index contributed by atoms with van der Waals surface area (Å²) in [6.45, 7) is 3.46. The molecule has 14 heavy (non-hydrogen) atoms. The van der Waals surface area contributed by atoms with Crippen LogP contribution < -0.4 is 5.32 Å². The first-order valence-corrected chi connectivity index (χ1v) is 5.70. The molecule has 0 radical (unpaired) electrons. The van der Waals surface area contributed by atoms with E-state index in [1.807, 2.05) is 0 Å². The van der Waals surface area contributed by atoms with E-state index in [0.717, 1.165) is 45.4 Å². The van der Waals surface area contributed by atoms with Crippen molar-refractivity contribution in [3.8, 4) is 0 Å². The minimum atomic E-state index is 0.189. The van der Waals surface area contributed by atoms with E-state index >= 15 is 0 Å². The zero-order valence-corrected chi connectivity index (χ0v) is 8.63. The molecule has 3 nitrogen and oxygen atoms in total. The highest BCUT2D eigenvalue weighted by Crippen LogP contribution is 2.22. The van der Waals surface area contributed by atoms with E-state index in [4.69, 9.17) is 4.74 Å². The van der Waals surface area contributed by atoms with Gasteiger partial charge in [-0.05, 0) is 32.2 Å². The molecule has 0 unspecified atom stereocenters. The summed E-state index contributed by atoms with van der Waals surface area (Å²) in [5.41, 5.74) is 0. The van der Waals surface area contributed by atoms with Gasteiger partial charge in [0.25, 0.3) is 0 Å². The third-order valence-electron chi connectivity index (χ3n) is 3.26. The van der Waals surface area contributed by atoms with Crippen LogP contribution in [0.2, 0.25) is 0 Å². The molecule has 2 saturated heterocycles. The summed E-state index contributed by atoms with van der Waals surface area (Å²) in [7, 11) is 0. The molecule has 2 rings (SSSR count). The van der Waals surface area contributed by atoms with Crippen molar-refractivity contribution in [2.45, 2.75) is 25.7 Å². The molecule has 2 aliphatic heterocycles. The van der Waals surface area contributed by atoms with E-state index in [-0.39, 0.29) is 11.8 Å². The highest BCUT2D eigenvalue weighted by atomic mass is 16.5. The number of carbonyl (C=O) groups excluding carboxylic acids is 1. The second kappa shape index (κ2) is 4.89. The van der Waals surface area contributed by atoms with Gasteiger partial charge in [-0.3, -0.25) is 4.79 Å². The summed E-state index contributed by atoms with van der Waals surface area (Å²) < 4.78 is 5.35. The molecule has 2 atom stereocenters. The second-order valence-electron chi connectivity index (χ2n) is 4.36. The van der Waals surface area contributed by atoms with Gasteiger partial charge >= 0.3 is 0 Å². The fourth-order valence-electron chi connectivity index (χ4n) is 2.39. The first kappa shape index (κ1) is 10.1. The molecule has 0 spiro atoms. The number of carbonyl (C=O) groups is 1. The van der Waals surface area contributed by atoms with Gasteiger partial charge in [0.05, 0.1) is 6.61 Å². The zero-order chi connectivity index (χ0) is 9.80. The minimum Gasteiger partial charge on any atom is -0.381 e. The SMILES string of the molecule is O=C([C@H]1CCCNC1)[C@H]1CCCOC1. The van der Waals surface area contributed by atoms with Crippen molar-refractivity contribution in [2.24, 2.45) is 11.8 Å². The average Bonchev–Trinajstić information content (AvgIpc) is 2.30. The van der Waals surface area contributed by atoms with Gasteiger partial charge in [0.2, 0.25) is 0 Å². The lowest BCUT2D eigenvalue weighted by atomic mass is 9.85. The van der Waals surface area contributed by atoms with E-state index in [1.54, 1.807) is 0 Å². The number of Topliss-reactive ketones (excluding diaryl/α,β-unsaturated/α-hetero) is 1. The molecule has 2 fully saturated rings. The number of hydrogen-bond acceptors (Lipinski definition) is 3. The van der Waals surface area contributed by atoms with Crippen LogP contribution in [0.4, 0.5) is 0 Å². The van der Waals surface area contributed by atoms with Crippen LogP contribution in [-0.2, 0) is 9.53 Å². The quantitative estimate of drug-likeness (QED) is 0.717. The molecule has 0 bridgehead atoms. The topological polar surface area (TPSA) is 38.3 Å². The van der Waals surface area contributed by atoms with Gasteiger partial charge in [-0.25, -0.2) is 0 Å². The molecular formula is C11H19NO2. The molecule has 2 heterocycles. The van der Waals surface area contributed by atoms with E-state index in [1.165, 1.54) is 0 Å². The first-order valence-electron chi connectivity index (χ1n) is 5.70. The molecule has 80 valence electrons. The van der Waals surface area contributed by atoms with E-state index in [0.29, 0.717) is 12.4 Å². The molecule has 1 N–H and O–H groups in total. The Morgan fingerprint density at radius 2 is 2.07 bits per heavy atom. The fourth-order valence-corrected chi connectivity index (χ4v) is 2.39. The largest absolute Gasteiger partial charge is 0.381 e. The minimum absolute atomic E-state index is 0.189. The summed E-state index contributed by atoms with van der Waals surface area (Å²) in [4.78, 5) is 12.0. The van der Waals surface area contributed by atoms with Gasteiger partial charge in [-0.1, -0.05) is 0 Å². The number of rotatable bonds is 2. The van der Waals surface area contributed by atoms with Crippen LogP contribution in [0.3, 0.4) is 0 Å². The van der Waals surface area contributed by atoms with Crippen molar-refractivity contribution >= 4 is 5.78 Å². The van der Waals surface area contributed by atoms with Crippen LogP contribution in [0.15, 0.2) is 0 Å². The lowest BCUT2D eigenvalue weighted by molar-refractivity contribution is -0.131. The Bertz CT molecular complexity index is 173. The maximum Gasteiger partial charge on any atom is 0.142 e. The number of ether oxygens (including phenoxy) is 1. The summed E-state index contributed by atoms with van der Waals surface area (Å²) in [6.07, 6.45) is 4.30. The Balaban J connectivity index is 1.85. The third-order valence-corrected chi connectivity index (χ3v) is 3.26. The van der Waals surface area contributed by atoms with Crippen molar-refractivity contribution in [3.63, 3.8) is 0 Å². The smallest absolute Gasteiger partial charge is 0.142 e. The normalized spacial score (nSPS) is 34.0. The molecule has 0 aromatic carbocycles. The van der Waals surface area contributed by atoms with Gasteiger partial charge in [0.1, 0.15) is 5.78 Å². The predicted octanol–water partition coefficient (Wildman–Crippen LogP) is 0.982. The highest BCUT2D eigenvalue weighted by molar-refractivity contribution is 5.83. The van der Waals surface area contributed by atoms with Crippen LogP contribution in [-0.4, -0.2) is 32.1 Å². The molecule has 0 aliphatic carbocycles. The maximum absolute atomic E-state index is 12.0. The Hall–Kier alpha value is -0.410. The predicted molar refractivity (Wildman–Crippen MR) is 54.1 cm³/mol. The van der Waals surface area contributed by atoms with Crippen LogP contribution in [0, 0.1) is 11.8 Å². The van der Waals surface area contributed by atoms with Crippen molar-refractivity contribution < 1.29 is 9.53 Å². The van der Waals surface area contributed by atoms with Gasteiger partial charge in [-0.2, -0.15) is 0 Å². The van der Waals surface area contributed by atoms with E-state index in [9.17, 15) is 4.79 Å². The summed E-state index contributed by atoms with van der Waals surface area (Å²) >= 11 is 0. The molecule has 0 aromatic heterocycles. The summed E-state index contributed by atoms with van der Waals surface area (Å²) in [5, 5.41) is 3.29.